The van der Waals surface area contributed by atoms with Gasteiger partial charge in [0.2, 0.25) is 0 Å². The molecular formula is C7H3Cl7. The highest BCUT2D eigenvalue weighted by molar-refractivity contribution is 6.59. The molecule has 0 aromatic carbocycles. The highest BCUT2D eigenvalue weighted by Crippen LogP contribution is 2.67. The summed E-state index contributed by atoms with van der Waals surface area (Å²) < 4.78 is 0. The Morgan fingerprint density at radius 1 is 0.786 bits per heavy atom. The normalized spacial score (nSPS) is 57.2. The number of fused-ring (bicyclic) bond motifs is 2. The van der Waals surface area contributed by atoms with Crippen LogP contribution in [0, 0.1) is 0 Å². The molecule has 2 aliphatic carbocycles. The highest BCUT2D eigenvalue weighted by atomic mass is 35.5. The fraction of sp³-hybridized carbons (Fsp3) is 0.714. The Balaban J connectivity index is 2.66. The first-order valence-electron chi connectivity index (χ1n) is 3.65. The lowest BCUT2D eigenvalue weighted by Gasteiger charge is -2.29. The van der Waals surface area contributed by atoms with Crippen molar-refractivity contribution in [1.82, 2.24) is 0 Å². The van der Waals surface area contributed by atoms with Gasteiger partial charge in [-0.05, 0) is 0 Å². The second kappa shape index (κ2) is 3.38. The molecule has 2 bridgehead atoms. The first kappa shape index (κ1) is 12.2. The zero-order valence-electron chi connectivity index (χ0n) is 6.38. The monoisotopic (exact) mass is 332 g/mol. The van der Waals surface area contributed by atoms with Gasteiger partial charge >= 0.3 is 0 Å². The molecule has 0 saturated heterocycles. The maximum absolute atomic E-state index is 6.22. The average molecular weight is 335 g/mol. The van der Waals surface area contributed by atoms with Crippen LogP contribution in [0.25, 0.3) is 0 Å². The highest BCUT2D eigenvalue weighted by Gasteiger charge is 2.74. The van der Waals surface area contributed by atoms with Crippen LogP contribution >= 0.6 is 81.2 Å². The van der Waals surface area contributed by atoms with Crippen molar-refractivity contribution < 1.29 is 0 Å². The fourth-order valence-electron chi connectivity index (χ4n) is 1.81. The van der Waals surface area contributed by atoms with Crippen molar-refractivity contribution >= 4 is 81.2 Å². The summed E-state index contributed by atoms with van der Waals surface area (Å²) in [6.45, 7) is 0. The van der Waals surface area contributed by atoms with Gasteiger partial charge in [-0.1, -0.05) is 23.2 Å². The van der Waals surface area contributed by atoms with Gasteiger partial charge in [-0.25, -0.2) is 0 Å². The van der Waals surface area contributed by atoms with E-state index >= 15 is 0 Å². The van der Waals surface area contributed by atoms with Crippen LogP contribution in [-0.4, -0.2) is 25.9 Å². The van der Waals surface area contributed by atoms with Crippen LogP contribution in [0.3, 0.4) is 0 Å². The molecular weight excluding hydrogens is 332 g/mol. The van der Waals surface area contributed by atoms with E-state index in [1.165, 1.54) is 0 Å². The number of hydrogen-bond acceptors (Lipinski definition) is 0. The molecule has 80 valence electrons. The molecule has 0 amide bonds. The molecule has 2 rings (SSSR count). The molecule has 0 radical (unpaired) electrons. The molecule has 0 aromatic heterocycles. The van der Waals surface area contributed by atoms with Crippen molar-refractivity contribution in [3.8, 4) is 0 Å². The van der Waals surface area contributed by atoms with Crippen molar-refractivity contribution in [2.45, 2.75) is 25.9 Å². The lowest BCUT2D eigenvalue weighted by molar-refractivity contribution is 0.742. The maximum Gasteiger partial charge on any atom is 0.117 e. The Morgan fingerprint density at radius 3 is 1.29 bits per heavy atom. The van der Waals surface area contributed by atoms with Gasteiger partial charge in [0, 0.05) is 0 Å². The molecule has 4 atom stereocenters. The number of hydrogen-bond donors (Lipinski definition) is 0. The molecule has 7 heteroatoms. The standard InChI is InChI=1S/C7H3Cl7/c8-1-2(9)7(14)4(11)3(10)6(1,13)5(7)12/h1-2,5H. The van der Waals surface area contributed by atoms with E-state index in [-0.39, 0.29) is 10.1 Å². The first-order valence-corrected chi connectivity index (χ1v) is 6.47. The van der Waals surface area contributed by atoms with Crippen LogP contribution in [0.4, 0.5) is 0 Å². The van der Waals surface area contributed by atoms with Crippen LogP contribution in [0.15, 0.2) is 10.1 Å². The minimum absolute atomic E-state index is 0.202. The van der Waals surface area contributed by atoms with Gasteiger partial charge in [0.25, 0.3) is 0 Å². The molecule has 1 fully saturated rings. The second-order valence-corrected chi connectivity index (χ2v) is 6.71. The Hall–Kier alpha value is 1.77. The van der Waals surface area contributed by atoms with Crippen molar-refractivity contribution in [2.24, 2.45) is 0 Å². The molecule has 0 N–H and O–H groups in total. The Morgan fingerprint density at radius 2 is 1.07 bits per heavy atom. The third-order valence-corrected chi connectivity index (χ3v) is 7.70. The van der Waals surface area contributed by atoms with Gasteiger partial charge < -0.3 is 0 Å². The van der Waals surface area contributed by atoms with Crippen LogP contribution in [0.5, 0.6) is 0 Å². The molecule has 0 aromatic rings. The minimum Gasteiger partial charge on any atom is -0.119 e. The summed E-state index contributed by atoms with van der Waals surface area (Å²) in [6, 6.07) is 0. The fourth-order valence-corrected chi connectivity index (χ4v) is 5.35. The number of halogens is 7. The molecule has 4 unspecified atom stereocenters. The van der Waals surface area contributed by atoms with Gasteiger partial charge in [0.05, 0.1) is 26.2 Å². The predicted octanol–water partition coefficient (Wildman–Crippen LogP) is 4.48. The predicted molar refractivity (Wildman–Crippen MR) is 64.8 cm³/mol. The Kier molecular flexibility index (Phi) is 2.96. The summed E-state index contributed by atoms with van der Waals surface area (Å²) >= 11 is 42.5. The van der Waals surface area contributed by atoms with Gasteiger partial charge in [0.1, 0.15) is 9.75 Å². The molecule has 2 aliphatic rings. The van der Waals surface area contributed by atoms with E-state index in [0.717, 1.165) is 0 Å². The smallest absolute Gasteiger partial charge is 0.117 e. The SMILES string of the molecule is ClC1=C(Cl)C2(Cl)C(Cl)C(Cl)C1(Cl)C2Cl. The van der Waals surface area contributed by atoms with E-state index in [1.807, 2.05) is 0 Å². The summed E-state index contributed by atoms with van der Waals surface area (Å²) in [5.74, 6) is 0. The molecule has 0 heterocycles. The Labute approximate surface area is 116 Å². The first-order chi connectivity index (χ1) is 6.29. The Bertz CT molecular complexity index is 296. The summed E-state index contributed by atoms with van der Waals surface area (Å²) in [5, 5.41) is -1.58. The van der Waals surface area contributed by atoms with Crippen LogP contribution in [0.2, 0.25) is 0 Å². The van der Waals surface area contributed by atoms with Gasteiger partial charge in [-0.15, -0.1) is 58.0 Å². The summed E-state index contributed by atoms with van der Waals surface area (Å²) in [6.07, 6.45) is 0. The maximum atomic E-state index is 6.22. The number of allylic oxidation sites excluding steroid dienone is 2. The molecule has 1 saturated carbocycles. The van der Waals surface area contributed by atoms with E-state index in [0.29, 0.717) is 0 Å². The average Bonchev–Trinajstić information content (AvgIpc) is 2.37. The van der Waals surface area contributed by atoms with Crippen LogP contribution < -0.4 is 0 Å². The van der Waals surface area contributed by atoms with E-state index in [1.54, 1.807) is 0 Å². The van der Waals surface area contributed by atoms with Crippen molar-refractivity contribution in [1.29, 1.82) is 0 Å². The van der Waals surface area contributed by atoms with E-state index in [2.05, 4.69) is 0 Å². The topological polar surface area (TPSA) is 0 Å². The molecule has 0 spiro atoms. The van der Waals surface area contributed by atoms with Crippen LogP contribution in [0.1, 0.15) is 0 Å². The summed E-state index contributed by atoms with van der Waals surface area (Å²) in [7, 11) is 0. The summed E-state index contributed by atoms with van der Waals surface area (Å²) in [4.78, 5) is -2.31. The lowest BCUT2D eigenvalue weighted by Crippen LogP contribution is -2.38. The van der Waals surface area contributed by atoms with Crippen molar-refractivity contribution in [3.05, 3.63) is 10.1 Å². The van der Waals surface area contributed by atoms with E-state index in [4.69, 9.17) is 81.2 Å². The quantitative estimate of drug-likeness (QED) is 0.573. The lowest BCUT2D eigenvalue weighted by atomic mass is 10.1. The van der Waals surface area contributed by atoms with Gasteiger partial charge in [-0.2, -0.15) is 0 Å². The van der Waals surface area contributed by atoms with Crippen molar-refractivity contribution in [2.75, 3.05) is 0 Å². The summed E-state index contributed by atoms with van der Waals surface area (Å²) in [5.41, 5.74) is 0. The van der Waals surface area contributed by atoms with Gasteiger partial charge in [0.15, 0.2) is 0 Å². The third kappa shape index (κ3) is 1.07. The number of alkyl halides is 5. The molecule has 0 aliphatic heterocycles. The van der Waals surface area contributed by atoms with E-state index < -0.39 is 25.9 Å². The zero-order valence-corrected chi connectivity index (χ0v) is 11.7. The zero-order chi connectivity index (χ0) is 10.9. The van der Waals surface area contributed by atoms with Crippen LogP contribution in [-0.2, 0) is 0 Å². The minimum atomic E-state index is -1.16. The molecule has 14 heavy (non-hydrogen) atoms. The van der Waals surface area contributed by atoms with Gasteiger partial charge in [-0.3, -0.25) is 0 Å². The largest absolute Gasteiger partial charge is 0.119 e. The number of rotatable bonds is 0. The molecule has 0 nitrogen and oxygen atoms in total. The second-order valence-electron chi connectivity index (χ2n) is 3.33. The van der Waals surface area contributed by atoms with Crippen molar-refractivity contribution in [3.63, 3.8) is 0 Å². The van der Waals surface area contributed by atoms with E-state index in [9.17, 15) is 0 Å². The third-order valence-electron chi connectivity index (χ3n) is 2.66.